The molecule has 1 saturated heterocycles. The minimum Gasteiger partial charge on any atom is -0.373 e. The third-order valence-electron chi connectivity index (χ3n) is 2.73. The molecule has 2 amide bonds. The molecule has 0 bridgehead atoms. The molecule has 1 heterocycles. The van der Waals surface area contributed by atoms with Crippen molar-refractivity contribution < 1.29 is 9.90 Å². The largest absolute Gasteiger partial charge is 0.373 e. The Bertz CT molecular complexity index is 214. The highest BCUT2D eigenvalue weighted by Crippen LogP contribution is 2.31. The highest BCUT2D eigenvalue weighted by atomic mass is 16.3. The van der Waals surface area contributed by atoms with Gasteiger partial charge < -0.3 is 15.7 Å². The first-order valence-corrected chi connectivity index (χ1v) is 4.61. The summed E-state index contributed by atoms with van der Waals surface area (Å²) in [7, 11) is 0. The molecule has 13 heavy (non-hydrogen) atoms. The van der Waals surface area contributed by atoms with Crippen LogP contribution in [-0.4, -0.2) is 23.4 Å². The molecule has 3 N–H and O–H groups in total. The molecule has 2 unspecified atom stereocenters. The molecule has 0 spiro atoms. The number of nitrogens with one attached hydrogen (secondary N) is 2. The van der Waals surface area contributed by atoms with Gasteiger partial charge in [-0.2, -0.15) is 0 Å². The third-order valence-corrected chi connectivity index (χ3v) is 2.73. The van der Waals surface area contributed by atoms with Gasteiger partial charge in [0.25, 0.3) is 0 Å². The first kappa shape index (κ1) is 10.3. The maximum absolute atomic E-state index is 11.1. The van der Waals surface area contributed by atoms with Gasteiger partial charge in [-0.3, -0.25) is 0 Å². The van der Waals surface area contributed by atoms with Crippen LogP contribution < -0.4 is 10.6 Å². The van der Waals surface area contributed by atoms with E-state index in [0.717, 1.165) is 0 Å². The molecule has 0 aliphatic carbocycles. The van der Waals surface area contributed by atoms with Crippen LogP contribution in [0.2, 0.25) is 0 Å². The number of carbonyl (C=O) groups excluding carboxylic acids is 1. The lowest BCUT2D eigenvalue weighted by Crippen LogP contribution is -2.66. The molecular weight excluding hydrogens is 168 g/mol. The van der Waals surface area contributed by atoms with Crippen molar-refractivity contribution in [2.75, 3.05) is 0 Å². The van der Waals surface area contributed by atoms with E-state index in [1.165, 1.54) is 0 Å². The first-order valence-electron chi connectivity index (χ1n) is 4.61. The average Bonchev–Trinajstić information content (AvgIpc) is 1.96. The van der Waals surface area contributed by atoms with Crippen LogP contribution in [0, 0.1) is 11.3 Å². The Kier molecular flexibility index (Phi) is 2.52. The molecule has 0 aromatic carbocycles. The van der Waals surface area contributed by atoms with E-state index in [0.29, 0.717) is 5.92 Å². The predicted octanol–water partition coefficient (Wildman–Crippen LogP) is 0.668. The van der Waals surface area contributed by atoms with Crippen molar-refractivity contribution in [3.8, 4) is 0 Å². The van der Waals surface area contributed by atoms with Crippen molar-refractivity contribution in [3.05, 3.63) is 0 Å². The van der Waals surface area contributed by atoms with Gasteiger partial charge in [0.2, 0.25) is 0 Å². The van der Waals surface area contributed by atoms with Crippen LogP contribution in [0.4, 0.5) is 4.79 Å². The monoisotopic (exact) mass is 186 g/mol. The molecule has 0 aromatic rings. The summed E-state index contributed by atoms with van der Waals surface area (Å²) in [6.07, 6.45) is -0.770. The van der Waals surface area contributed by atoms with Crippen molar-refractivity contribution >= 4 is 6.03 Å². The van der Waals surface area contributed by atoms with E-state index in [1.54, 1.807) is 0 Å². The lowest BCUT2D eigenvalue weighted by atomic mass is 9.76. The summed E-state index contributed by atoms with van der Waals surface area (Å²) < 4.78 is 0. The average molecular weight is 186 g/mol. The van der Waals surface area contributed by atoms with Crippen LogP contribution in [0.5, 0.6) is 0 Å². The van der Waals surface area contributed by atoms with E-state index < -0.39 is 6.23 Å². The van der Waals surface area contributed by atoms with Crippen molar-refractivity contribution in [1.82, 2.24) is 10.6 Å². The minimum absolute atomic E-state index is 0.0104. The second-order valence-electron chi connectivity index (χ2n) is 4.56. The number of carbonyl (C=O) groups is 1. The van der Waals surface area contributed by atoms with Crippen LogP contribution in [0.3, 0.4) is 0 Å². The molecule has 1 aliphatic rings. The van der Waals surface area contributed by atoms with E-state index in [9.17, 15) is 9.90 Å². The Morgan fingerprint density at radius 2 is 1.92 bits per heavy atom. The molecule has 0 radical (unpaired) electrons. The Balaban J connectivity index is 2.85. The van der Waals surface area contributed by atoms with Gasteiger partial charge >= 0.3 is 6.03 Å². The fourth-order valence-electron chi connectivity index (χ4n) is 1.87. The number of hydrogen-bond donors (Lipinski definition) is 3. The molecule has 4 nitrogen and oxygen atoms in total. The standard InChI is InChI=1S/C9H18N2O2/c1-5(2)6-9(3,4)7(12)11-8(13)10-6/h5-7,12H,1-4H3,(H2,10,11,13). The van der Waals surface area contributed by atoms with Gasteiger partial charge in [0.15, 0.2) is 0 Å². The van der Waals surface area contributed by atoms with E-state index in [-0.39, 0.29) is 17.5 Å². The zero-order valence-electron chi connectivity index (χ0n) is 8.59. The van der Waals surface area contributed by atoms with Crippen molar-refractivity contribution in [2.24, 2.45) is 11.3 Å². The third kappa shape index (κ3) is 1.77. The molecule has 1 fully saturated rings. The summed E-state index contributed by atoms with van der Waals surface area (Å²) in [5.74, 6) is 0.315. The maximum atomic E-state index is 11.1. The molecule has 0 aromatic heterocycles. The van der Waals surface area contributed by atoms with E-state index in [2.05, 4.69) is 10.6 Å². The highest BCUT2D eigenvalue weighted by Gasteiger charge is 2.43. The number of amides is 2. The number of hydrogen-bond acceptors (Lipinski definition) is 2. The van der Waals surface area contributed by atoms with Crippen LogP contribution >= 0.6 is 0 Å². The quantitative estimate of drug-likeness (QED) is 0.563. The van der Waals surface area contributed by atoms with E-state index in [1.807, 2.05) is 27.7 Å². The Labute approximate surface area is 78.7 Å². The Morgan fingerprint density at radius 3 is 2.38 bits per heavy atom. The smallest absolute Gasteiger partial charge is 0.317 e. The second kappa shape index (κ2) is 3.18. The molecule has 0 saturated carbocycles. The minimum atomic E-state index is -0.770. The summed E-state index contributed by atoms with van der Waals surface area (Å²) in [6.45, 7) is 7.94. The van der Waals surface area contributed by atoms with Gasteiger partial charge in [-0.1, -0.05) is 27.7 Å². The lowest BCUT2D eigenvalue weighted by Gasteiger charge is -2.45. The fourth-order valence-corrected chi connectivity index (χ4v) is 1.87. The summed E-state index contributed by atoms with van der Waals surface area (Å²) in [5.41, 5.74) is -0.331. The molecule has 1 aliphatic heterocycles. The molecule has 76 valence electrons. The normalized spacial score (nSPS) is 32.6. The summed E-state index contributed by atoms with van der Waals surface area (Å²) in [6, 6.07) is -0.276. The summed E-state index contributed by atoms with van der Waals surface area (Å²) in [4.78, 5) is 11.1. The molecular formula is C9H18N2O2. The van der Waals surface area contributed by atoms with Crippen LogP contribution in [0.15, 0.2) is 0 Å². The topological polar surface area (TPSA) is 61.4 Å². The number of urea groups is 1. The first-order chi connectivity index (χ1) is 5.85. The summed E-state index contributed by atoms with van der Waals surface area (Å²) in [5, 5.41) is 14.9. The van der Waals surface area contributed by atoms with Crippen molar-refractivity contribution in [1.29, 1.82) is 0 Å². The van der Waals surface area contributed by atoms with Gasteiger partial charge in [-0.15, -0.1) is 0 Å². The van der Waals surface area contributed by atoms with Crippen molar-refractivity contribution in [2.45, 2.75) is 40.0 Å². The Morgan fingerprint density at radius 1 is 1.38 bits per heavy atom. The molecule has 4 heteroatoms. The number of aliphatic hydroxyl groups is 1. The SMILES string of the molecule is CC(C)C1NC(=O)NC(O)C1(C)C. The van der Waals surface area contributed by atoms with E-state index >= 15 is 0 Å². The summed E-state index contributed by atoms with van der Waals surface area (Å²) >= 11 is 0. The zero-order valence-corrected chi connectivity index (χ0v) is 8.59. The molecule has 1 rings (SSSR count). The van der Waals surface area contributed by atoms with Gasteiger partial charge in [-0.25, -0.2) is 4.79 Å². The number of aliphatic hydroxyl groups excluding tert-OH is 1. The van der Waals surface area contributed by atoms with E-state index in [4.69, 9.17) is 0 Å². The van der Waals surface area contributed by atoms with Crippen LogP contribution in [0.25, 0.3) is 0 Å². The van der Waals surface area contributed by atoms with Gasteiger partial charge in [0.1, 0.15) is 6.23 Å². The maximum Gasteiger partial charge on any atom is 0.317 e. The Hall–Kier alpha value is -0.770. The fraction of sp³-hybridized carbons (Fsp3) is 0.889. The van der Waals surface area contributed by atoms with Gasteiger partial charge in [0, 0.05) is 11.5 Å². The van der Waals surface area contributed by atoms with Crippen LogP contribution in [-0.2, 0) is 0 Å². The highest BCUT2D eigenvalue weighted by molar-refractivity contribution is 5.75. The predicted molar refractivity (Wildman–Crippen MR) is 50.1 cm³/mol. The zero-order chi connectivity index (χ0) is 10.2. The lowest BCUT2D eigenvalue weighted by molar-refractivity contribution is -0.0208. The van der Waals surface area contributed by atoms with Crippen molar-refractivity contribution in [3.63, 3.8) is 0 Å². The van der Waals surface area contributed by atoms with Gasteiger partial charge in [0.05, 0.1) is 0 Å². The second-order valence-corrected chi connectivity index (χ2v) is 4.56. The number of rotatable bonds is 1. The van der Waals surface area contributed by atoms with Crippen LogP contribution in [0.1, 0.15) is 27.7 Å². The molecule has 2 atom stereocenters. The van der Waals surface area contributed by atoms with Gasteiger partial charge in [-0.05, 0) is 5.92 Å².